The molecular formula is C45H28N4O. The van der Waals surface area contributed by atoms with Crippen LogP contribution in [-0.2, 0) is 0 Å². The van der Waals surface area contributed by atoms with Gasteiger partial charge in [-0.2, -0.15) is 0 Å². The Morgan fingerprint density at radius 1 is 0.320 bits per heavy atom. The molecule has 50 heavy (non-hydrogen) atoms. The zero-order valence-corrected chi connectivity index (χ0v) is 26.8. The lowest BCUT2D eigenvalue weighted by Gasteiger charge is -2.12. The van der Waals surface area contributed by atoms with E-state index in [1.54, 1.807) is 0 Å². The van der Waals surface area contributed by atoms with Gasteiger partial charge >= 0.3 is 0 Å². The summed E-state index contributed by atoms with van der Waals surface area (Å²) in [5.41, 5.74) is 10.9. The Kier molecular flexibility index (Phi) is 6.42. The van der Waals surface area contributed by atoms with Crippen LogP contribution >= 0.6 is 0 Å². The molecule has 0 amide bonds. The van der Waals surface area contributed by atoms with Crippen molar-refractivity contribution in [3.05, 3.63) is 164 Å². The summed E-state index contributed by atoms with van der Waals surface area (Å²) < 4.78 is 6.28. The van der Waals surface area contributed by atoms with Gasteiger partial charge in [-0.15, -0.1) is 0 Å². The molecule has 3 aromatic heterocycles. The normalized spacial score (nSPS) is 11.6. The minimum atomic E-state index is 0.579. The van der Waals surface area contributed by atoms with Crippen molar-refractivity contribution in [2.75, 3.05) is 0 Å². The lowest BCUT2D eigenvalue weighted by atomic mass is 9.96. The maximum absolute atomic E-state index is 6.28. The predicted molar refractivity (Wildman–Crippen MR) is 204 cm³/mol. The van der Waals surface area contributed by atoms with E-state index in [2.05, 4.69) is 132 Å². The second-order valence-corrected chi connectivity index (χ2v) is 12.6. The van der Waals surface area contributed by atoms with Crippen LogP contribution in [0.3, 0.4) is 0 Å². The van der Waals surface area contributed by atoms with E-state index in [0.29, 0.717) is 17.5 Å². The van der Waals surface area contributed by atoms with Gasteiger partial charge in [0.15, 0.2) is 17.5 Å². The summed E-state index contributed by atoms with van der Waals surface area (Å²) in [5, 5.41) is 4.50. The van der Waals surface area contributed by atoms with Gasteiger partial charge in [0.2, 0.25) is 0 Å². The molecule has 5 nitrogen and oxygen atoms in total. The van der Waals surface area contributed by atoms with Crippen molar-refractivity contribution in [3.8, 4) is 56.4 Å². The number of benzene rings is 7. The summed E-state index contributed by atoms with van der Waals surface area (Å²) in [6, 6.07) is 56.5. The molecular weight excluding hydrogens is 613 g/mol. The molecule has 7 aromatic carbocycles. The van der Waals surface area contributed by atoms with Crippen LogP contribution in [0.25, 0.3) is 100 Å². The number of nitrogens with zero attached hydrogens (tertiary/aromatic N) is 3. The van der Waals surface area contributed by atoms with Crippen LogP contribution in [0, 0.1) is 0 Å². The average Bonchev–Trinajstić information content (AvgIpc) is 3.76. The summed E-state index contributed by atoms with van der Waals surface area (Å²) >= 11 is 0. The Morgan fingerprint density at radius 3 is 1.52 bits per heavy atom. The minimum absolute atomic E-state index is 0.579. The van der Waals surface area contributed by atoms with E-state index in [9.17, 15) is 0 Å². The molecule has 0 saturated carbocycles. The van der Waals surface area contributed by atoms with E-state index in [-0.39, 0.29) is 0 Å². The molecule has 0 aliphatic carbocycles. The van der Waals surface area contributed by atoms with Crippen molar-refractivity contribution in [3.63, 3.8) is 0 Å². The zero-order chi connectivity index (χ0) is 33.0. The SMILES string of the molecule is c1ccc(-c2cc(-c3ccccc3)cc(-c3nc(-c4ccc5c(c4)[nH]c4ccccc45)nc(-c4ccc5c(c4)oc4ccccc45)n3)c2)cc1. The zero-order valence-electron chi connectivity index (χ0n) is 26.8. The average molecular weight is 641 g/mol. The largest absolute Gasteiger partial charge is 0.456 e. The summed E-state index contributed by atoms with van der Waals surface area (Å²) in [5.74, 6) is 1.78. The number of aromatic amines is 1. The third-order valence-corrected chi connectivity index (χ3v) is 9.44. The van der Waals surface area contributed by atoms with Crippen LogP contribution in [0.15, 0.2) is 168 Å². The quantitative estimate of drug-likeness (QED) is 0.203. The Labute approximate surface area is 287 Å². The summed E-state index contributed by atoms with van der Waals surface area (Å²) in [4.78, 5) is 19.0. The fourth-order valence-electron chi connectivity index (χ4n) is 6.97. The van der Waals surface area contributed by atoms with Crippen LogP contribution in [0.5, 0.6) is 0 Å². The number of fused-ring (bicyclic) bond motifs is 6. The van der Waals surface area contributed by atoms with E-state index < -0.39 is 0 Å². The van der Waals surface area contributed by atoms with Crippen molar-refractivity contribution in [1.82, 2.24) is 19.9 Å². The lowest BCUT2D eigenvalue weighted by molar-refractivity contribution is 0.669. The number of para-hydroxylation sites is 2. The van der Waals surface area contributed by atoms with E-state index in [4.69, 9.17) is 19.4 Å². The van der Waals surface area contributed by atoms with Crippen molar-refractivity contribution in [2.45, 2.75) is 0 Å². The number of nitrogens with one attached hydrogen (secondary N) is 1. The molecule has 0 aliphatic rings. The Morgan fingerprint density at radius 2 is 0.820 bits per heavy atom. The molecule has 0 fully saturated rings. The van der Waals surface area contributed by atoms with Gasteiger partial charge in [-0.3, -0.25) is 0 Å². The molecule has 0 saturated heterocycles. The molecule has 0 unspecified atom stereocenters. The maximum Gasteiger partial charge on any atom is 0.164 e. The molecule has 0 bridgehead atoms. The van der Waals surface area contributed by atoms with Crippen molar-refractivity contribution in [2.24, 2.45) is 0 Å². The molecule has 10 rings (SSSR count). The number of H-pyrrole nitrogens is 1. The van der Waals surface area contributed by atoms with E-state index >= 15 is 0 Å². The molecule has 234 valence electrons. The molecule has 1 N–H and O–H groups in total. The molecule has 0 atom stereocenters. The third kappa shape index (κ3) is 4.83. The topological polar surface area (TPSA) is 67.6 Å². The third-order valence-electron chi connectivity index (χ3n) is 9.44. The van der Waals surface area contributed by atoms with Crippen LogP contribution < -0.4 is 0 Å². The second kappa shape index (κ2) is 11.4. The molecule has 0 radical (unpaired) electrons. The van der Waals surface area contributed by atoms with E-state index in [0.717, 1.165) is 77.3 Å². The maximum atomic E-state index is 6.28. The number of furan rings is 1. The van der Waals surface area contributed by atoms with Gasteiger partial charge in [0, 0.05) is 49.3 Å². The number of aromatic nitrogens is 4. The summed E-state index contributed by atoms with van der Waals surface area (Å²) in [7, 11) is 0. The lowest BCUT2D eigenvalue weighted by Crippen LogP contribution is -2.00. The number of hydrogen-bond donors (Lipinski definition) is 1. The Hall–Kier alpha value is -6.85. The fraction of sp³-hybridized carbons (Fsp3) is 0. The van der Waals surface area contributed by atoms with E-state index in [1.807, 2.05) is 36.4 Å². The van der Waals surface area contributed by atoms with E-state index in [1.165, 1.54) is 5.39 Å². The van der Waals surface area contributed by atoms with Gasteiger partial charge in [0.25, 0.3) is 0 Å². The van der Waals surface area contributed by atoms with Gasteiger partial charge in [-0.25, -0.2) is 15.0 Å². The minimum Gasteiger partial charge on any atom is -0.456 e. The van der Waals surface area contributed by atoms with Crippen LogP contribution in [-0.4, -0.2) is 19.9 Å². The standard InChI is InChI=1S/C45H28N4O/c1-3-11-28(12-4-1)32-23-33(29-13-5-2-6-14-29)25-34(24-32)45-48-43(30-19-21-36-35-15-7-9-17-39(35)46-40(36)26-30)47-44(49-45)31-20-22-38-37-16-8-10-18-41(37)50-42(38)27-31/h1-27,46H. The van der Waals surface area contributed by atoms with Crippen molar-refractivity contribution >= 4 is 43.7 Å². The van der Waals surface area contributed by atoms with Crippen LogP contribution in [0.1, 0.15) is 0 Å². The van der Waals surface area contributed by atoms with Gasteiger partial charge in [0.05, 0.1) is 0 Å². The van der Waals surface area contributed by atoms with Gasteiger partial charge < -0.3 is 9.40 Å². The monoisotopic (exact) mass is 640 g/mol. The number of rotatable bonds is 5. The Bertz CT molecular complexity index is 2680. The molecule has 0 spiro atoms. The molecule has 3 heterocycles. The molecule has 5 heteroatoms. The first-order valence-corrected chi connectivity index (χ1v) is 16.7. The first kappa shape index (κ1) is 28.2. The molecule has 10 aromatic rings. The summed E-state index contributed by atoms with van der Waals surface area (Å²) in [6.45, 7) is 0. The first-order valence-electron chi connectivity index (χ1n) is 16.7. The Balaban J connectivity index is 1.20. The van der Waals surface area contributed by atoms with Crippen LogP contribution in [0.4, 0.5) is 0 Å². The first-order chi connectivity index (χ1) is 24.7. The number of hydrogen-bond acceptors (Lipinski definition) is 4. The van der Waals surface area contributed by atoms with Gasteiger partial charge in [-0.05, 0) is 70.8 Å². The second-order valence-electron chi connectivity index (χ2n) is 12.6. The highest BCUT2D eigenvalue weighted by Crippen LogP contribution is 2.36. The van der Waals surface area contributed by atoms with Crippen molar-refractivity contribution < 1.29 is 4.42 Å². The summed E-state index contributed by atoms with van der Waals surface area (Å²) in [6.07, 6.45) is 0. The smallest absolute Gasteiger partial charge is 0.164 e. The van der Waals surface area contributed by atoms with Gasteiger partial charge in [0.1, 0.15) is 11.2 Å². The highest BCUT2D eigenvalue weighted by Gasteiger charge is 2.17. The highest BCUT2D eigenvalue weighted by atomic mass is 16.3. The van der Waals surface area contributed by atoms with Crippen LogP contribution in [0.2, 0.25) is 0 Å². The predicted octanol–water partition coefficient (Wildman–Crippen LogP) is 11.7. The van der Waals surface area contributed by atoms with Crippen molar-refractivity contribution in [1.29, 1.82) is 0 Å². The highest BCUT2D eigenvalue weighted by molar-refractivity contribution is 6.08. The fourth-order valence-corrected chi connectivity index (χ4v) is 6.97. The molecule has 0 aliphatic heterocycles. The van der Waals surface area contributed by atoms with Gasteiger partial charge in [-0.1, -0.05) is 115 Å².